The normalized spacial score (nSPS) is 14.1. The molecule has 0 radical (unpaired) electrons. The summed E-state index contributed by atoms with van der Waals surface area (Å²) in [6.07, 6.45) is 5.72. The first-order valence-electron chi connectivity index (χ1n) is 9.48. The van der Waals surface area contributed by atoms with Crippen LogP contribution in [0.4, 0.5) is 17.3 Å². The van der Waals surface area contributed by atoms with Crippen LogP contribution in [0.1, 0.15) is 19.0 Å². The number of nitriles is 1. The monoisotopic (exact) mass is 387 g/mol. The van der Waals surface area contributed by atoms with E-state index >= 15 is 0 Å². The number of hydrogen-bond acceptors (Lipinski definition) is 8. The van der Waals surface area contributed by atoms with Gasteiger partial charge in [-0.05, 0) is 31.5 Å². The number of rotatable bonds is 7. The quantitative estimate of drug-likeness (QED) is 0.471. The number of nitrogens with one attached hydrogen (secondary N) is 2. The molecule has 0 saturated heterocycles. The van der Waals surface area contributed by atoms with Crippen LogP contribution < -0.4 is 15.5 Å². The number of fused-ring (bicyclic) bond motifs is 1. The molecule has 3 aromatic rings. The molecule has 0 amide bonds. The molecule has 9 nitrogen and oxygen atoms in total. The second-order valence-corrected chi connectivity index (χ2v) is 6.43. The van der Waals surface area contributed by atoms with E-state index in [1.807, 2.05) is 24.3 Å². The van der Waals surface area contributed by atoms with Gasteiger partial charge in [-0.15, -0.1) is 0 Å². The fourth-order valence-corrected chi connectivity index (χ4v) is 3.26. The highest BCUT2D eigenvalue weighted by Crippen LogP contribution is 2.38. The third-order valence-electron chi connectivity index (χ3n) is 4.61. The summed E-state index contributed by atoms with van der Waals surface area (Å²) in [5.74, 6) is 1.24. The van der Waals surface area contributed by atoms with Gasteiger partial charge < -0.3 is 15.5 Å². The van der Waals surface area contributed by atoms with Gasteiger partial charge in [0.15, 0.2) is 0 Å². The number of benzene rings is 1. The molecule has 29 heavy (non-hydrogen) atoms. The van der Waals surface area contributed by atoms with Crippen molar-refractivity contribution in [1.29, 1.82) is 5.26 Å². The van der Waals surface area contributed by atoms with E-state index in [9.17, 15) is 5.26 Å². The minimum absolute atomic E-state index is 0.483. The maximum absolute atomic E-state index is 9.87. The molecular weight excluding hydrogens is 366 g/mol. The van der Waals surface area contributed by atoms with Gasteiger partial charge in [-0.3, -0.25) is 4.68 Å². The third kappa shape index (κ3) is 3.87. The molecule has 0 atom stereocenters. The van der Waals surface area contributed by atoms with Crippen LogP contribution in [0.25, 0.3) is 5.57 Å². The molecule has 0 saturated carbocycles. The molecule has 3 heterocycles. The van der Waals surface area contributed by atoms with E-state index in [0.717, 1.165) is 36.7 Å². The Morgan fingerprint density at radius 2 is 2.17 bits per heavy atom. The fourth-order valence-electron chi connectivity index (χ4n) is 3.26. The van der Waals surface area contributed by atoms with Crippen molar-refractivity contribution in [2.45, 2.75) is 19.9 Å². The maximum Gasteiger partial charge on any atom is 0.223 e. The molecule has 0 unspecified atom stereocenters. The third-order valence-corrected chi connectivity index (χ3v) is 4.61. The van der Waals surface area contributed by atoms with E-state index in [1.165, 1.54) is 6.33 Å². The molecule has 0 fully saturated rings. The molecule has 1 aromatic carbocycles. The summed E-state index contributed by atoms with van der Waals surface area (Å²) >= 11 is 0. The first-order valence-corrected chi connectivity index (χ1v) is 9.48. The molecule has 0 bridgehead atoms. The molecule has 1 aliphatic heterocycles. The molecule has 2 aromatic heterocycles. The number of allylic oxidation sites excluding steroid dienone is 1. The van der Waals surface area contributed by atoms with Crippen LogP contribution in [-0.4, -0.2) is 37.8 Å². The van der Waals surface area contributed by atoms with E-state index in [2.05, 4.69) is 48.6 Å². The first kappa shape index (κ1) is 18.4. The molecule has 0 aliphatic carbocycles. The minimum atomic E-state index is 0.483. The number of anilines is 3. The highest BCUT2D eigenvalue weighted by molar-refractivity contribution is 5.90. The largest absolute Gasteiger partial charge is 0.354 e. The molecule has 4 rings (SSSR count). The predicted octanol–water partition coefficient (Wildman–Crippen LogP) is 2.71. The summed E-state index contributed by atoms with van der Waals surface area (Å²) in [4.78, 5) is 14.8. The number of para-hydroxylation sites is 2. The van der Waals surface area contributed by atoms with Crippen molar-refractivity contribution in [3.8, 4) is 6.07 Å². The van der Waals surface area contributed by atoms with E-state index in [4.69, 9.17) is 0 Å². The van der Waals surface area contributed by atoms with Gasteiger partial charge in [-0.2, -0.15) is 10.4 Å². The molecule has 1 aliphatic rings. The van der Waals surface area contributed by atoms with E-state index in [0.29, 0.717) is 23.8 Å². The summed E-state index contributed by atoms with van der Waals surface area (Å²) in [6, 6.07) is 12.1. The van der Waals surface area contributed by atoms with Crippen molar-refractivity contribution in [3.05, 3.63) is 60.7 Å². The zero-order valence-electron chi connectivity index (χ0n) is 16.1. The molecule has 146 valence electrons. The SMILES string of the molecule is CCN1C(=C(C#N)c2ccnc(NCCCn3cncn3)n2)Nc2ccccc21. The lowest BCUT2D eigenvalue weighted by molar-refractivity contribution is 0.589. The number of aryl methyl sites for hydroxylation is 1. The second kappa shape index (κ2) is 8.39. The maximum atomic E-state index is 9.87. The Bertz CT molecular complexity index is 1050. The minimum Gasteiger partial charge on any atom is -0.354 e. The number of aromatic nitrogens is 5. The van der Waals surface area contributed by atoms with Crippen LogP contribution in [0.3, 0.4) is 0 Å². The topological polar surface area (TPSA) is 108 Å². The van der Waals surface area contributed by atoms with Crippen LogP contribution in [-0.2, 0) is 6.54 Å². The van der Waals surface area contributed by atoms with E-state index < -0.39 is 0 Å². The molecule has 0 spiro atoms. The highest BCUT2D eigenvalue weighted by Gasteiger charge is 2.26. The van der Waals surface area contributed by atoms with Gasteiger partial charge in [0, 0.05) is 25.8 Å². The standard InChI is InChI=1S/C20H21N9/c1-2-29-18-7-4-3-6-17(18)26-19(29)15(12-21)16-8-10-24-20(27-16)23-9-5-11-28-14-22-13-25-28/h3-4,6-8,10,13-14,26H,2,5,9,11H2,1H3,(H,23,24,27). The van der Waals surface area contributed by atoms with Gasteiger partial charge in [-0.25, -0.2) is 15.0 Å². The lowest BCUT2D eigenvalue weighted by Gasteiger charge is -2.19. The van der Waals surface area contributed by atoms with Crippen molar-refractivity contribution in [3.63, 3.8) is 0 Å². The Hall–Kier alpha value is -3.93. The Morgan fingerprint density at radius 1 is 1.28 bits per heavy atom. The van der Waals surface area contributed by atoms with Crippen LogP contribution in [0.2, 0.25) is 0 Å². The van der Waals surface area contributed by atoms with Gasteiger partial charge in [0.2, 0.25) is 5.95 Å². The van der Waals surface area contributed by atoms with Crippen molar-refractivity contribution >= 4 is 22.9 Å². The van der Waals surface area contributed by atoms with Crippen LogP contribution in [0.5, 0.6) is 0 Å². The van der Waals surface area contributed by atoms with Gasteiger partial charge in [0.05, 0.1) is 17.1 Å². The number of nitrogens with zero attached hydrogens (tertiary/aromatic N) is 7. The van der Waals surface area contributed by atoms with Crippen molar-refractivity contribution < 1.29 is 0 Å². The lowest BCUT2D eigenvalue weighted by atomic mass is 10.2. The average Bonchev–Trinajstić information content (AvgIpc) is 3.40. The predicted molar refractivity (Wildman–Crippen MR) is 111 cm³/mol. The van der Waals surface area contributed by atoms with Crippen LogP contribution in [0, 0.1) is 11.3 Å². The highest BCUT2D eigenvalue weighted by atomic mass is 15.3. The summed E-state index contributed by atoms with van der Waals surface area (Å²) in [6.45, 7) is 4.24. The van der Waals surface area contributed by atoms with E-state index in [-0.39, 0.29) is 0 Å². The molecule has 2 N–H and O–H groups in total. The fraction of sp³-hybridized carbons (Fsp3) is 0.250. The summed E-state index contributed by atoms with van der Waals surface area (Å²) in [7, 11) is 0. The Kier molecular flexibility index (Phi) is 5.33. The van der Waals surface area contributed by atoms with Crippen molar-refractivity contribution in [2.75, 3.05) is 28.6 Å². The summed E-state index contributed by atoms with van der Waals surface area (Å²) < 4.78 is 1.78. The smallest absolute Gasteiger partial charge is 0.223 e. The van der Waals surface area contributed by atoms with Crippen molar-refractivity contribution in [1.82, 2.24) is 24.7 Å². The van der Waals surface area contributed by atoms with Gasteiger partial charge >= 0.3 is 0 Å². The Balaban J connectivity index is 1.52. The summed E-state index contributed by atoms with van der Waals surface area (Å²) in [5, 5.41) is 20.5. The van der Waals surface area contributed by atoms with E-state index in [1.54, 1.807) is 23.3 Å². The molecular formula is C20H21N9. The average molecular weight is 387 g/mol. The Labute approximate surface area is 168 Å². The lowest BCUT2D eigenvalue weighted by Crippen LogP contribution is -2.21. The zero-order chi connectivity index (χ0) is 20.1. The second-order valence-electron chi connectivity index (χ2n) is 6.43. The molecule has 9 heteroatoms. The van der Waals surface area contributed by atoms with Gasteiger partial charge in [0.25, 0.3) is 0 Å². The van der Waals surface area contributed by atoms with Gasteiger partial charge in [0.1, 0.15) is 30.1 Å². The van der Waals surface area contributed by atoms with Gasteiger partial charge in [-0.1, -0.05) is 12.1 Å². The summed E-state index contributed by atoms with van der Waals surface area (Å²) in [5.41, 5.74) is 3.10. The zero-order valence-corrected chi connectivity index (χ0v) is 16.1. The van der Waals surface area contributed by atoms with Crippen LogP contribution >= 0.6 is 0 Å². The van der Waals surface area contributed by atoms with Crippen LogP contribution in [0.15, 0.2) is 55.0 Å². The Morgan fingerprint density at radius 3 is 2.97 bits per heavy atom. The van der Waals surface area contributed by atoms with Crippen molar-refractivity contribution in [2.24, 2.45) is 0 Å². The first-order chi connectivity index (χ1) is 14.3. The number of hydrogen-bond donors (Lipinski definition) is 2.